The number of anilines is 1. The van der Waals surface area contributed by atoms with E-state index in [-0.39, 0.29) is 29.2 Å². The summed E-state index contributed by atoms with van der Waals surface area (Å²) in [4.78, 5) is 46.5. The minimum Gasteiger partial charge on any atom is -0.482 e. The first-order valence-corrected chi connectivity index (χ1v) is 7.39. The summed E-state index contributed by atoms with van der Waals surface area (Å²) in [7, 11) is 0. The molecule has 0 atom stereocenters. The molecule has 0 aromatic heterocycles. The molecule has 25 heavy (non-hydrogen) atoms. The summed E-state index contributed by atoms with van der Waals surface area (Å²) < 4.78 is 10.2. The number of rotatable bonds is 5. The molecular weight excluding hydrogens is 326 g/mol. The summed E-state index contributed by atoms with van der Waals surface area (Å²) in [5.41, 5.74) is 0.936. The smallest absolute Gasteiger partial charge is 0.339 e. The van der Waals surface area contributed by atoms with Crippen LogP contribution >= 0.6 is 0 Å². The van der Waals surface area contributed by atoms with Gasteiger partial charge in [-0.3, -0.25) is 14.4 Å². The molecule has 0 saturated carbocycles. The maximum Gasteiger partial charge on any atom is 0.339 e. The van der Waals surface area contributed by atoms with E-state index < -0.39 is 18.4 Å². The van der Waals surface area contributed by atoms with Gasteiger partial charge in [-0.1, -0.05) is 18.2 Å². The lowest BCUT2D eigenvalue weighted by molar-refractivity contribution is -0.118. The molecule has 1 N–H and O–H groups in total. The minimum atomic E-state index is -0.759. The van der Waals surface area contributed by atoms with Gasteiger partial charge < -0.3 is 14.8 Å². The zero-order valence-electron chi connectivity index (χ0n) is 13.0. The van der Waals surface area contributed by atoms with Crippen LogP contribution < -0.4 is 10.1 Å². The van der Waals surface area contributed by atoms with E-state index in [1.165, 1.54) is 24.3 Å². The van der Waals surface area contributed by atoms with Crippen molar-refractivity contribution in [2.75, 3.05) is 18.5 Å². The van der Waals surface area contributed by atoms with E-state index in [1.54, 1.807) is 18.2 Å². The number of aldehydes is 1. The van der Waals surface area contributed by atoms with Crippen molar-refractivity contribution in [3.8, 4) is 5.75 Å². The van der Waals surface area contributed by atoms with Crippen molar-refractivity contribution in [1.82, 2.24) is 0 Å². The summed E-state index contributed by atoms with van der Waals surface area (Å²) >= 11 is 0. The van der Waals surface area contributed by atoms with Crippen LogP contribution in [0.1, 0.15) is 31.1 Å². The van der Waals surface area contributed by atoms with E-state index in [4.69, 9.17) is 9.47 Å². The average Bonchev–Trinajstić information content (AvgIpc) is 2.65. The highest BCUT2D eigenvalue weighted by Gasteiger charge is 2.19. The van der Waals surface area contributed by atoms with Gasteiger partial charge in [0.25, 0.3) is 5.91 Å². The fraction of sp³-hybridized carbons (Fsp3) is 0.111. The number of esters is 1. The second-order valence-electron chi connectivity index (χ2n) is 5.25. The number of Topliss-reactive ketones (excluding diaryl/α,β-unsaturated/α-hetero) is 1. The molecule has 0 spiro atoms. The number of ketones is 1. The minimum absolute atomic E-state index is 0.0754. The zero-order valence-corrected chi connectivity index (χ0v) is 13.0. The summed E-state index contributed by atoms with van der Waals surface area (Å²) in [5.74, 6) is -1.05. The van der Waals surface area contributed by atoms with E-state index in [1.807, 2.05) is 0 Å². The second-order valence-corrected chi connectivity index (χ2v) is 5.25. The largest absolute Gasteiger partial charge is 0.482 e. The first-order valence-electron chi connectivity index (χ1n) is 7.39. The zero-order chi connectivity index (χ0) is 17.8. The topological polar surface area (TPSA) is 98.8 Å². The van der Waals surface area contributed by atoms with E-state index in [9.17, 15) is 19.2 Å². The van der Waals surface area contributed by atoms with Crippen LogP contribution in [0.15, 0.2) is 42.5 Å². The standard InChI is InChI=1S/C18H13NO6/c20-8-12-3-1-2-4-13(12)18(23)25-9-15(21)11-5-6-16-14(7-11)19-17(22)10-24-16/h1-8H,9-10H2,(H,19,22). The Morgan fingerprint density at radius 3 is 2.80 bits per heavy atom. The molecule has 0 aliphatic carbocycles. The molecule has 0 bridgehead atoms. The van der Waals surface area contributed by atoms with E-state index in [0.717, 1.165) is 0 Å². The Labute approximate surface area is 142 Å². The number of carbonyl (C=O) groups is 4. The Balaban J connectivity index is 1.68. The predicted octanol–water partition coefficient (Wildman–Crippen LogP) is 1.87. The maximum atomic E-state index is 12.2. The highest BCUT2D eigenvalue weighted by atomic mass is 16.5. The van der Waals surface area contributed by atoms with Gasteiger partial charge >= 0.3 is 5.97 Å². The number of ether oxygens (including phenoxy) is 2. The van der Waals surface area contributed by atoms with Crippen molar-refractivity contribution < 1.29 is 28.7 Å². The van der Waals surface area contributed by atoms with Crippen LogP contribution in [0.3, 0.4) is 0 Å². The van der Waals surface area contributed by atoms with E-state index in [2.05, 4.69) is 5.32 Å². The van der Waals surface area contributed by atoms with Crippen LogP contribution in [0, 0.1) is 0 Å². The molecule has 7 nitrogen and oxygen atoms in total. The normalized spacial score (nSPS) is 12.4. The molecule has 3 rings (SSSR count). The molecule has 1 aliphatic rings. The SMILES string of the molecule is O=Cc1ccccc1C(=O)OCC(=O)c1ccc2c(c1)NC(=O)CO2. The maximum absolute atomic E-state index is 12.2. The third-order valence-corrected chi connectivity index (χ3v) is 3.58. The van der Waals surface area contributed by atoms with Gasteiger partial charge in [-0.2, -0.15) is 0 Å². The van der Waals surface area contributed by atoms with Crippen molar-refractivity contribution >= 4 is 29.6 Å². The Bertz CT molecular complexity index is 874. The highest BCUT2D eigenvalue weighted by Crippen LogP contribution is 2.28. The molecule has 2 aromatic carbocycles. The van der Waals surface area contributed by atoms with Crippen LogP contribution in [0.4, 0.5) is 5.69 Å². The Hall–Kier alpha value is -3.48. The molecule has 0 saturated heterocycles. The summed E-state index contributed by atoms with van der Waals surface area (Å²) in [6.45, 7) is -0.562. The fourth-order valence-electron chi connectivity index (χ4n) is 2.33. The fourth-order valence-corrected chi connectivity index (χ4v) is 2.33. The molecule has 1 heterocycles. The first-order chi connectivity index (χ1) is 12.1. The quantitative estimate of drug-likeness (QED) is 0.507. The van der Waals surface area contributed by atoms with Crippen molar-refractivity contribution in [1.29, 1.82) is 0 Å². The molecule has 0 fully saturated rings. The molecule has 7 heteroatoms. The third-order valence-electron chi connectivity index (χ3n) is 3.58. The molecule has 1 amide bonds. The number of nitrogens with one attached hydrogen (secondary N) is 1. The van der Waals surface area contributed by atoms with Gasteiger partial charge in [0.1, 0.15) is 5.75 Å². The number of benzene rings is 2. The van der Waals surface area contributed by atoms with Gasteiger partial charge in [0, 0.05) is 11.1 Å². The lowest BCUT2D eigenvalue weighted by atomic mass is 10.1. The number of hydrogen-bond acceptors (Lipinski definition) is 6. The molecule has 0 unspecified atom stereocenters. The van der Waals surface area contributed by atoms with E-state index >= 15 is 0 Å². The van der Waals surface area contributed by atoms with Crippen LogP contribution in [-0.4, -0.2) is 37.2 Å². The summed E-state index contributed by atoms with van der Waals surface area (Å²) in [6, 6.07) is 10.7. The van der Waals surface area contributed by atoms with Crippen LogP contribution in [0.2, 0.25) is 0 Å². The average molecular weight is 339 g/mol. The number of carbonyl (C=O) groups excluding carboxylic acids is 4. The third kappa shape index (κ3) is 3.55. The van der Waals surface area contributed by atoms with E-state index in [0.29, 0.717) is 17.7 Å². The first kappa shape index (κ1) is 16.4. The molecule has 2 aromatic rings. The van der Waals surface area contributed by atoms with Gasteiger partial charge in [0.05, 0.1) is 11.3 Å². The van der Waals surface area contributed by atoms with Gasteiger partial charge in [0.2, 0.25) is 0 Å². The predicted molar refractivity (Wildman–Crippen MR) is 87.0 cm³/mol. The Kier molecular flexibility index (Phi) is 4.56. The van der Waals surface area contributed by atoms with Crippen LogP contribution in [-0.2, 0) is 9.53 Å². The number of hydrogen-bond donors (Lipinski definition) is 1. The molecule has 0 radical (unpaired) electrons. The van der Waals surface area contributed by atoms with Gasteiger partial charge in [-0.25, -0.2) is 4.79 Å². The van der Waals surface area contributed by atoms with Crippen molar-refractivity contribution in [2.45, 2.75) is 0 Å². The highest BCUT2D eigenvalue weighted by molar-refractivity contribution is 6.03. The lowest BCUT2D eigenvalue weighted by Crippen LogP contribution is -2.25. The van der Waals surface area contributed by atoms with Gasteiger partial charge in [0.15, 0.2) is 25.3 Å². The Morgan fingerprint density at radius 2 is 2.00 bits per heavy atom. The van der Waals surface area contributed by atoms with Gasteiger partial charge in [-0.05, 0) is 24.3 Å². The van der Waals surface area contributed by atoms with Crippen LogP contribution in [0.5, 0.6) is 5.75 Å². The number of fused-ring (bicyclic) bond motifs is 1. The second kappa shape index (κ2) is 6.96. The summed E-state index contributed by atoms with van der Waals surface area (Å²) in [5, 5.41) is 2.60. The van der Waals surface area contributed by atoms with Gasteiger partial charge in [-0.15, -0.1) is 0 Å². The summed E-state index contributed by atoms with van der Waals surface area (Å²) in [6.07, 6.45) is 0.546. The molecule has 1 aliphatic heterocycles. The molecule has 126 valence electrons. The molecular formula is C18H13NO6. The van der Waals surface area contributed by atoms with Crippen molar-refractivity contribution in [3.05, 3.63) is 59.2 Å². The van der Waals surface area contributed by atoms with Crippen molar-refractivity contribution in [2.24, 2.45) is 0 Å². The lowest BCUT2D eigenvalue weighted by Gasteiger charge is -2.18. The van der Waals surface area contributed by atoms with Crippen molar-refractivity contribution in [3.63, 3.8) is 0 Å². The monoisotopic (exact) mass is 339 g/mol. The van der Waals surface area contributed by atoms with Crippen LogP contribution in [0.25, 0.3) is 0 Å². The Morgan fingerprint density at radius 1 is 1.20 bits per heavy atom. The number of amides is 1.